The van der Waals surface area contributed by atoms with E-state index in [9.17, 15) is 9.59 Å². The van der Waals surface area contributed by atoms with Crippen LogP contribution in [0.5, 0.6) is 5.75 Å². The van der Waals surface area contributed by atoms with Crippen molar-refractivity contribution in [3.8, 4) is 17.0 Å². The van der Waals surface area contributed by atoms with E-state index in [1.807, 2.05) is 50.2 Å². The van der Waals surface area contributed by atoms with Crippen LogP contribution >= 0.6 is 23.2 Å². The molecule has 170 valence electrons. The van der Waals surface area contributed by atoms with Crippen molar-refractivity contribution >= 4 is 35.0 Å². The van der Waals surface area contributed by atoms with Crippen LogP contribution in [0.1, 0.15) is 35.3 Å². The average molecular weight is 485 g/mol. The van der Waals surface area contributed by atoms with E-state index in [1.54, 1.807) is 13.2 Å². The van der Waals surface area contributed by atoms with Crippen LogP contribution in [-0.2, 0) is 16.9 Å². The number of fused-ring (bicyclic) bond motifs is 1. The normalized spacial score (nSPS) is 13.1. The van der Waals surface area contributed by atoms with E-state index in [0.717, 1.165) is 11.1 Å². The van der Waals surface area contributed by atoms with E-state index in [2.05, 4.69) is 15.3 Å². The number of hydrogen-bond donors (Lipinski definition) is 1. The molecule has 0 saturated carbocycles. The Kier molecular flexibility index (Phi) is 6.28. The largest absolute Gasteiger partial charge is 0.497 e. The van der Waals surface area contributed by atoms with E-state index >= 15 is 0 Å². The molecule has 4 rings (SSSR count). The van der Waals surface area contributed by atoms with Gasteiger partial charge in [-0.05, 0) is 54.8 Å². The first-order valence-electron chi connectivity index (χ1n) is 10.2. The topological polar surface area (TPSA) is 84.4 Å². The zero-order valence-electron chi connectivity index (χ0n) is 18.4. The van der Waals surface area contributed by atoms with Gasteiger partial charge in [0.15, 0.2) is 0 Å². The summed E-state index contributed by atoms with van der Waals surface area (Å²) in [6, 6.07) is 12.9. The number of carbonyl (C=O) groups excluding carboxylic acids is 2. The molecule has 7 nitrogen and oxygen atoms in total. The van der Waals surface area contributed by atoms with Gasteiger partial charge in [0.05, 0.1) is 29.6 Å². The SMILES string of the molecule is COc1cccc(C(C)(C)NC(=O)CN2Cc3ccc(-c4nc(Cl)ncc4Cl)cc3C2=O)c1. The molecule has 2 heterocycles. The zero-order valence-corrected chi connectivity index (χ0v) is 19.9. The molecule has 9 heteroatoms. The second-order valence-electron chi connectivity index (χ2n) is 8.27. The lowest BCUT2D eigenvalue weighted by Gasteiger charge is -2.28. The van der Waals surface area contributed by atoms with Crippen LogP contribution in [0, 0.1) is 0 Å². The number of nitrogens with one attached hydrogen (secondary N) is 1. The molecule has 0 atom stereocenters. The lowest BCUT2D eigenvalue weighted by atomic mass is 9.94. The molecule has 2 amide bonds. The van der Waals surface area contributed by atoms with E-state index in [-0.39, 0.29) is 23.6 Å². The number of methoxy groups -OCH3 is 1. The third-order valence-electron chi connectivity index (χ3n) is 5.55. The van der Waals surface area contributed by atoms with Crippen molar-refractivity contribution in [2.75, 3.05) is 13.7 Å². The van der Waals surface area contributed by atoms with Crippen LogP contribution in [0.4, 0.5) is 0 Å². The number of ether oxygens (including phenoxy) is 1. The van der Waals surface area contributed by atoms with Gasteiger partial charge in [-0.15, -0.1) is 0 Å². The number of amides is 2. The number of nitrogens with zero attached hydrogens (tertiary/aromatic N) is 3. The summed E-state index contributed by atoms with van der Waals surface area (Å²) in [4.78, 5) is 35.4. The fourth-order valence-corrected chi connectivity index (χ4v) is 4.16. The summed E-state index contributed by atoms with van der Waals surface area (Å²) in [6.07, 6.45) is 1.42. The molecule has 1 N–H and O–H groups in total. The first kappa shape index (κ1) is 23.0. The fourth-order valence-electron chi connectivity index (χ4n) is 3.83. The molecule has 0 fully saturated rings. The smallest absolute Gasteiger partial charge is 0.254 e. The second-order valence-corrected chi connectivity index (χ2v) is 9.02. The van der Waals surface area contributed by atoms with Gasteiger partial charge >= 0.3 is 0 Å². The minimum absolute atomic E-state index is 0.0592. The van der Waals surface area contributed by atoms with Crippen molar-refractivity contribution in [2.45, 2.75) is 25.9 Å². The van der Waals surface area contributed by atoms with Crippen LogP contribution in [0.2, 0.25) is 10.3 Å². The Hall–Kier alpha value is -3.16. The Labute approximate surface area is 201 Å². The Morgan fingerprint density at radius 2 is 2.00 bits per heavy atom. The van der Waals surface area contributed by atoms with Crippen LogP contribution in [0.3, 0.4) is 0 Å². The predicted molar refractivity (Wildman–Crippen MR) is 126 cm³/mol. The van der Waals surface area contributed by atoms with Gasteiger partial charge in [0.1, 0.15) is 12.3 Å². The van der Waals surface area contributed by atoms with Crippen molar-refractivity contribution in [3.05, 3.63) is 75.7 Å². The Balaban J connectivity index is 1.48. The van der Waals surface area contributed by atoms with Gasteiger partial charge < -0.3 is 15.0 Å². The van der Waals surface area contributed by atoms with Crippen molar-refractivity contribution in [2.24, 2.45) is 0 Å². The molecule has 0 aliphatic carbocycles. The first-order valence-corrected chi connectivity index (χ1v) is 11.0. The molecule has 33 heavy (non-hydrogen) atoms. The maximum absolute atomic E-state index is 13.0. The highest BCUT2D eigenvalue weighted by Gasteiger charge is 2.31. The number of benzene rings is 2. The number of carbonyl (C=O) groups is 2. The van der Waals surface area contributed by atoms with Gasteiger partial charge in [-0.25, -0.2) is 9.97 Å². The molecular weight excluding hydrogens is 463 g/mol. The minimum Gasteiger partial charge on any atom is -0.497 e. The second kappa shape index (κ2) is 9.00. The van der Waals surface area contributed by atoms with Crippen LogP contribution in [-0.4, -0.2) is 40.3 Å². The summed E-state index contributed by atoms with van der Waals surface area (Å²) in [5.41, 5.74) is 2.71. The summed E-state index contributed by atoms with van der Waals surface area (Å²) in [6.45, 7) is 4.10. The number of hydrogen-bond acceptors (Lipinski definition) is 5. The summed E-state index contributed by atoms with van der Waals surface area (Å²) in [5, 5.41) is 3.41. The summed E-state index contributed by atoms with van der Waals surface area (Å²) in [7, 11) is 1.60. The molecular formula is C24H22Cl2N4O3. The molecule has 0 radical (unpaired) electrons. The molecule has 1 aromatic heterocycles. The molecule has 2 aromatic carbocycles. The van der Waals surface area contributed by atoms with Crippen LogP contribution in [0.25, 0.3) is 11.3 Å². The average Bonchev–Trinajstić information content (AvgIpc) is 3.09. The maximum Gasteiger partial charge on any atom is 0.254 e. The molecule has 0 spiro atoms. The number of aromatic nitrogens is 2. The number of halogens is 2. The van der Waals surface area contributed by atoms with Crippen molar-refractivity contribution < 1.29 is 14.3 Å². The highest BCUT2D eigenvalue weighted by Crippen LogP contribution is 2.31. The standard InChI is InChI=1S/C24H22Cl2N4O3/c1-24(2,16-5-4-6-17(10-16)33-3)29-20(31)13-30-12-15-8-7-14(9-18(15)22(30)32)21-19(25)11-27-23(26)28-21/h4-11H,12-13H2,1-3H3,(H,29,31). The third-order valence-corrected chi connectivity index (χ3v) is 6.01. The highest BCUT2D eigenvalue weighted by molar-refractivity contribution is 6.33. The molecule has 1 aliphatic heterocycles. The van der Waals surface area contributed by atoms with Gasteiger partial charge in [0.25, 0.3) is 5.91 Å². The lowest BCUT2D eigenvalue weighted by molar-refractivity contribution is -0.123. The van der Waals surface area contributed by atoms with Gasteiger partial charge in [-0.2, -0.15) is 0 Å². The van der Waals surface area contributed by atoms with Crippen LogP contribution < -0.4 is 10.1 Å². The Morgan fingerprint density at radius 1 is 1.21 bits per heavy atom. The minimum atomic E-state index is -0.641. The third kappa shape index (κ3) is 4.79. The van der Waals surface area contributed by atoms with Gasteiger partial charge in [-0.3, -0.25) is 9.59 Å². The molecule has 0 bridgehead atoms. The van der Waals surface area contributed by atoms with Crippen molar-refractivity contribution in [1.82, 2.24) is 20.2 Å². The predicted octanol–water partition coefficient (Wildman–Crippen LogP) is 4.47. The van der Waals surface area contributed by atoms with E-state index in [4.69, 9.17) is 27.9 Å². The Morgan fingerprint density at radius 3 is 2.76 bits per heavy atom. The first-order chi connectivity index (χ1) is 15.7. The Bertz CT molecular complexity index is 1250. The molecule has 3 aromatic rings. The van der Waals surface area contributed by atoms with Crippen LogP contribution in [0.15, 0.2) is 48.7 Å². The maximum atomic E-state index is 13.0. The highest BCUT2D eigenvalue weighted by atomic mass is 35.5. The van der Waals surface area contributed by atoms with E-state index in [1.165, 1.54) is 11.1 Å². The van der Waals surface area contributed by atoms with Crippen molar-refractivity contribution in [1.29, 1.82) is 0 Å². The molecule has 1 aliphatic rings. The van der Waals surface area contributed by atoms with E-state index in [0.29, 0.717) is 34.1 Å². The van der Waals surface area contributed by atoms with Gasteiger partial charge in [0.2, 0.25) is 11.2 Å². The van der Waals surface area contributed by atoms with Crippen molar-refractivity contribution in [3.63, 3.8) is 0 Å². The zero-order chi connectivity index (χ0) is 23.8. The van der Waals surface area contributed by atoms with Gasteiger partial charge in [-0.1, -0.05) is 35.9 Å². The quantitative estimate of drug-likeness (QED) is 0.521. The molecule has 0 unspecified atom stereocenters. The summed E-state index contributed by atoms with van der Waals surface area (Å²) in [5.74, 6) is 0.230. The van der Waals surface area contributed by atoms with Gasteiger partial charge in [0, 0.05) is 17.7 Å². The summed E-state index contributed by atoms with van der Waals surface area (Å²) < 4.78 is 5.28. The molecule has 0 saturated heterocycles. The fraction of sp³-hybridized carbons (Fsp3) is 0.250. The van der Waals surface area contributed by atoms with E-state index < -0.39 is 5.54 Å². The lowest BCUT2D eigenvalue weighted by Crippen LogP contribution is -2.46. The summed E-state index contributed by atoms with van der Waals surface area (Å²) >= 11 is 12.1. The number of rotatable bonds is 6. The monoisotopic (exact) mass is 484 g/mol.